The summed E-state index contributed by atoms with van der Waals surface area (Å²) < 4.78 is 0. The third kappa shape index (κ3) is 18.9. The monoisotopic (exact) mass is 490 g/mol. The van der Waals surface area contributed by atoms with E-state index in [1.807, 2.05) is 0 Å². The van der Waals surface area contributed by atoms with Gasteiger partial charge in [0.05, 0.1) is 12.2 Å². The Bertz CT molecular complexity index is 481. The molecule has 2 atom stereocenters. The second-order valence-electron chi connectivity index (χ2n) is 9.09. The summed E-state index contributed by atoms with van der Waals surface area (Å²) >= 11 is 0. The van der Waals surface area contributed by atoms with Crippen LogP contribution in [0.4, 0.5) is 0 Å². The lowest BCUT2D eigenvalue weighted by Gasteiger charge is -2.34. The summed E-state index contributed by atoms with van der Waals surface area (Å²) in [5.41, 5.74) is 11.7. The Labute approximate surface area is 207 Å². The standard InChI is InChI=1S/2C11H25NO.C4H4O4/c2*1-4-7-10(13)11(12,8-5-2)9-6-3;5-3(6)1-2-4(7)8/h2*10,13H,4-9,12H2,1-3H3;1-2H,(H,5,6)(H,7,8)/b;;2-1+. The smallest absolute Gasteiger partial charge is 0.328 e. The zero-order valence-corrected chi connectivity index (χ0v) is 22.6. The maximum atomic E-state index is 9.91. The van der Waals surface area contributed by atoms with Crippen LogP contribution in [0.5, 0.6) is 0 Å². The number of nitrogens with two attached hydrogens (primary N) is 2. The quantitative estimate of drug-likeness (QED) is 0.171. The fourth-order valence-corrected chi connectivity index (χ4v) is 4.04. The van der Waals surface area contributed by atoms with Crippen LogP contribution in [-0.4, -0.2) is 55.7 Å². The van der Waals surface area contributed by atoms with Crippen molar-refractivity contribution in [3.05, 3.63) is 12.2 Å². The first-order chi connectivity index (χ1) is 15.8. The molecule has 0 aliphatic rings. The van der Waals surface area contributed by atoms with Crippen LogP contribution in [0.2, 0.25) is 0 Å². The van der Waals surface area contributed by atoms with Gasteiger partial charge in [-0.3, -0.25) is 0 Å². The van der Waals surface area contributed by atoms with Gasteiger partial charge in [0.2, 0.25) is 0 Å². The van der Waals surface area contributed by atoms with Gasteiger partial charge < -0.3 is 31.9 Å². The number of aliphatic hydroxyl groups is 2. The van der Waals surface area contributed by atoms with Crippen molar-refractivity contribution in [1.82, 2.24) is 0 Å². The van der Waals surface area contributed by atoms with E-state index in [0.717, 1.165) is 77.0 Å². The maximum absolute atomic E-state index is 9.91. The van der Waals surface area contributed by atoms with E-state index in [2.05, 4.69) is 41.5 Å². The molecule has 0 saturated carbocycles. The van der Waals surface area contributed by atoms with Gasteiger partial charge in [-0.25, -0.2) is 9.59 Å². The van der Waals surface area contributed by atoms with E-state index in [1.54, 1.807) is 0 Å². The Morgan fingerprint density at radius 2 is 0.853 bits per heavy atom. The summed E-state index contributed by atoms with van der Waals surface area (Å²) in [7, 11) is 0. The molecule has 0 heterocycles. The molecule has 0 aliphatic heterocycles. The molecule has 0 amide bonds. The Morgan fingerprint density at radius 1 is 0.618 bits per heavy atom. The van der Waals surface area contributed by atoms with Crippen molar-refractivity contribution in [2.75, 3.05) is 0 Å². The average molecular weight is 491 g/mol. The Kier molecular flexibility index (Phi) is 24.0. The summed E-state index contributed by atoms with van der Waals surface area (Å²) in [6, 6.07) is 0. The average Bonchev–Trinajstić information content (AvgIpc) is 2.74. The molecule has 0 aliphatic carbocycles. The molecule has 0 aromatic rings. The molecule has 0 saturated heterocycles. The second kappa shape index (κ2) is 22.0. The lowest BCUT2D eigenvalue weighted by molar-refractivity contribution is -0.134. The number of rotatable bonds is 16. The normalized spacial score (nSPS) is 13.4. The van der Waals surface area contributed by atoms with Crippen molar-refractivity contribution >= 4 is 11.9 Å². The number of aliphatic carboxylic acids is 2. The minimum absolute atomic E-state index is 0.322. The number of carboxylic acids is 2. The Hall–Kier alpha value is -1.48. The van der Waals surface area contributed by atoms with Gasteiger partial charge in [0.15, 0.2) is 0 Å². The number of hydrogen-bond donors (Lipinski definition) is 6. The highest BCUT2D eigenvalue weighted by Gasteiger charge is 2.31. The third-order valence-electron chi connectivity index (χ3n) is 5.68. The van der Waals surface area contributed by atoms with Crippen LogP contribution < -0.4 is 11.5 Å². The van der Waals surface area contributed by atoms with Crippen LogP contribution >= 0.6 is 0 Å². The van der Waals surface area contributed by atoms with E-state index in [-0.39, 0.29) is 23.3 Å². The van der Waals surface area contributed by atoms with Crippen LogP contribution in [0.15, 0.2) is 12.2 Å². The topological polar surface area (TPSA) is 167 Å². The fraction of sp³-hybridized carbons (Fsp3) is 0.846. The van der Waals surface area contributed by atoms with Gasteiger partial charge >= 0.3 is 11.9 Å². The number of carbonyl (C=O) groups is 2. The molecule has 0 radical (unpaired) electrons. The summed E-state index contributed by atoms with van der Waals surface area (Å²) in [5.74, 6) is -2.51. The van der Waals surface area contributed by atoms with Gasteiger partial charge in [0, 0.05) is 23.2 Å². The molecular formula is C26H54N2O6. The zero-order chi connectivity index (χ0) is 27.2. The van der Waals surface area contributed by atoms with Gasteiger partial charge in [-0.05, 0) is 38.5 Å². The molecule has 0 fully saturated rings. The Morgan fingerprint density at radius 3 is 1.00 bits per heavy atom. The molecule has 0 bridgehead atoms. The van der Waals surface area contributed by atoms with Crippen LogP contribution in [0.1, 0.15) is 119 Å². The van der Waals surface area contributed by atoms with Crippen molar-refractivity contribution in [2.45, 2.75) is 142 Å². The summed E-state index contributed by atoms with van der Waals surface area (Å²) in [6.45, 7) is 12.7. The number of aliphatic hydroxyl groups excluding tert-OH is 2. The summed E-state index contributed by atoms with van der Waals surface area (Å²) in [6.07, 6.45) is 12.1. The first kappa shape index (κ1) is 37.1. The largest absolute Gasteiger partial charge is 0.478 e. The van der Waals surface area contributed by atoms with Crippen molar-refractivity contribution in [3.63, 3.8) is 0 Å². The maximum Gasteiger partial charge on any atom is 0.328 e. The minimum Gasteiger partial charge on any atom is -0.478 e. The van der Waals surface area contributed by atoms with Crippen LogP contribution in [0.3, 0.4) is 0 Å². The molecule has 8 N–H and O–H groups in total. The van der Waals surface area contributed by atoms with Crippen LogP contribution in [-0.2, 0) is 9.59 Å². The molecule has 0 aromatic heterocycles. The third-order valence-corrected chi connectivity index (χ3v) is 5.68. The van der Waals surface area contributed by atoms with Gasteiger partial charge in [-0.1, -0.05) is 80.1 Å². The molecule has 0 rings (SSSR count). The predicted molar refractivity (Wildman–Crippen MR) is 140 cm³/mol. The highest BCUT2D eigenvalue weighted by Crippen LogP contribution is 2.24. The number of carboxylic acid groups (broad SMARTS) is 2. The van der Waals surface area contributed by atoms with Crippen molar-refractivity contribution in [1.29, 1.82) is 0 Å². The molecule has 8 nitrogen and oxygen atoms in total. The van der Waals surface area contributed by atoms with E-state index in [0.29, 0.717) is 12.2 Å². The first-order valence-electron chi connectivity index (χ1n) is 12.9. The molecule has 8 heteroatoms. The minimum atomic E-state index is -1.26. The summed E-state index contributed by atoms with van der Waals surface area (Å²) in [4.78, 5) is 19.1. The molecule has 34 heavy (non-hydrogen) atoms. The van der Waals surface area contributed by atoms with Gasteiger partial charge in [0.25, 0.3) is 0 Å². The van der Waals surface area contributed by atoms with Gasteiger partial charge in [0.1, 0.15) is 0 Å². The highest BCUT2D eigenvalue weighted by atomic mass is 16.4. The van der Waals surface area contributed by atoms with Crippen molar-refractivity contribution in [3.8, 4) is 0 Å². The van der Waals surface area contributed by atoms with Crippen molar-refractivity contribution in [2.24, 2.45) is 11.5 Å². The molecule has 2 unspecified atom stereocenters. The van der Waals surface area contributed by atoms with E-state index in [4.69, 9.17) is 21.7 Å². The van der Waals surface area contributed by atoms with E-state index in [9.17, 15) is 19.8 Å². The first-order valence-corrected chi connectivity index (χ1v) is 12.9. The molecule has 204 valence electrons. The molecular weight excluding hydrogens is 436 g/mol. The molecule has 0 aromatic carbocycles. The zero-order valence-electron chi connectivity index (χ0n) is 22.6. The predicted octanol–water partition coefficient (Wildman–Crippen LogP) is 4.60. The van der Waals surface area contributed by atoms with E-state index in [1.165, 1.54) is 0 Å². The van der Waals surface area contributed by atoms with Gasteiger partial charge in [-0.2, -0.15) is 0 Å². The molecule has 0 spiro atoms. The Balaban J connectivity index is -0.000000438. The fourth-order valence-electron chi connectivity index (χ4n) is 4.04. The van der Waals surface area contributed by atoms with Crippen LogP contribution in [0, 0.1) is 0 Å². The second-order valence-corrected chi connectivity index (χ2v) is 9.09. The van der Waals surface area contributed by atoms with Gasteiger partial charge in [-0.15, -0.1) is 0 Å². The van der Waals surface area contributed by atoms with E-state index >= 15 is 0 Å². The summed E-state index contributed by atoms with van der Waals surface area (Å²) in [5, 5.41) is 35.4. The SMILES string of the molecule is CCCC(O)C(N)(CCC)CCC.CCCC(O)C(N)(CCC)CCC.O=C(O)/C=C/C(=O)O. The lowest BCUT2D eigenvalue weighted by atomic mass is 9.82. The van der Waals surface area contributed by atoms with Crippen LogP contribution in [0.25, 0.3) is 0 Å². The lowest BCUT2D eigenvalue weighted by Crippen LogP contribution is -2.50. The number of hydrogen-bond acceptors (Lipinski definition) is 6. The highest BCUT2D eigenvalue weighted by molar-refractivity contribution is 5.89. The van der Waals surface area contributed by atoms with E-state index < -0.39 is 11.9 Å². The van der Waals surface area contributed by atoms with Crippen molar-refractivity contribution < 1.29 is 30.0 Å².